The Morgan fingerprint density at radius 1 is 1.12 bits per heavy atom. The van der Waals surface area contributed by atoms with Crippen molar-refractivity contribution in [2.45, 2.75) is 26.8 Å². The number of allylic oxidation sites excluding steroid dienone is 1. The highest BCUT2D eigenvalue weighted by Gasteiger charge is 2.26. The number of amidine groups is 1. The van der Waals surface area contributed by atoms with Gasteiger partial charge >= 0.3 is 5.97 Å². The lowest BCUT2D eigenvalue weighted by Gasteiger charge is -2.14. The first kappa shape index (κ1) is 21.9. The third-order valence-corrected chi connectivity index (χ3v) is 5.12. The number of para-hydroxylation sites is 3. The molecule has 2 aromatic carbocycles. The standard InChI is InChI=1S/C24H23N5O4/c1-3-33-24(32)22-15(2)26-17-9-5-6-10-18(17)27-23(22)28-21(31)12-13-29-19-11-7-4-8-16(19)20(30)14-25-29/h4-11,14,26H,3,12-13H2,1-2H3,(H,27,28,31). The van der Waals surface area contributed by atoms with Gasteiger partial charge in [0.1, 0.15) is 11.4 Å². The molecule has 0 atom stereocenters. The predicted octanol–water partition coefficient (Wildman–Crippen LogP) is 2.90. The Morgan fingerprint density at radius 2 is 1.88 bits per heavy atom. The molecule has 3 aromatic rings. The molecule has 1 aliphatic rings. The van der Waals surface area contributed by atoms with Crippen molar-refractivity contribution >= 4 is 40.0 Å². The maximum absolute atomic E-state index is 12.9. The molecule has 1 aliphatic heterocycles. The number of benzene rings is 2. The van der Waals surface area contributed by atoms with Crippen LogP contribution in [0.4, 0.5) is 11.4 Å². The summed E-state index contributed by atoms with van der Waals surface area (Å²) in [5.74, 6) is -0.819. The second kappa shape index (κ2) is 9.47. The van der Waals surface area contributed by atoms with Crippen molar-refractivity contribution in [3.05, 3.63) is 76.2 Å². The zero-order valence-corrected chi connectivity index (χ0v) is 18.3. The Hall–Kier alpha value is -4.27. The molecule has 0 bridgehead atoms. The maximum atomic E-state index is 12.9. The summed E-state index contributed by atoms with van der Waals surface area (Å²) in [7, 11) is 0. The van der Waals surface area contributed by atoms with Gasteiger partial charge in [-0.3, -0.25) is 14.3 Å². The third-order valence-electron chi connectivity index (χ3n) is 5.12. The predicted molar refractivity (Wildman–Crippen MR) is 125 cm³/mol. The second-order valence-corrected chi connectivity index (χ2v) is 7.37. The number of esters is 1. The molecule has 1 aromatic heterocycles. The van der Waals surface area contributed by atoms with Crippen LogP contribution < -0.4 is 16.1 Å². The van der Waals surface area contributed by atoms with E-state index in [1.807, 2.05) is 24.3 Å². The van der Waals surface area contributed by atoms with Crippen LogP contribution in [0.2, 0.25) is 0 Å². The molecule has 4 rings (SSSR count). The van der Waals surface area contributed by atoms with Crippen molar-refractivity contribution in [3.8, 4) is 0 Å². The van der Waals surface area contributed by atoms with Crippen LogP contribution in [0.1, 0.15) is 20.3 Å². The number of amides is 1. The van der Waals surface area contributed by atoms with E-state index in [4.69, 9.17) is 4.74 Å². The summed E-state index contributed by atoms with van der Waals surface area (Å²) >= 11 is 0. The van der Waals surface area contributed by atoms with E-state index >= 15 is 0 Å². The van der Waals surface area contributed by atoms with Gasteiger partial charge < -0.3 is 15.4 Å². The molecule has 2 N–H and O–H groups in total. The number of ether oxygens (including phenoxy) is 1. The highest BCUT2D eigenvalue weighted by Crippen LogP contribution is 2.30. The SMILES string of the molecule is CCOC(=O)C1=C(C)Nc2ccccc2N=C1NC(=O)CCn1ncc(=O)c2ccccc21. The molecular weight excluding hydrogens is 422 g/mol. The van der Waals surface area contributed by atoms with Crippen LogP contribution in [0.3, 0.4) is 0 Å². The minimum atomic E-state index is -0.581. The van der Waals surface area contributed by atoms with Crippen molar-refractivity contribution < 1.29 is 14.3 Å². The molecule has 0 aliphatic carbocycles. The van der Waals surface area contributed by atoms with E-state index in [1.54, 1.807) is 42.8 Å². The molecule has 0 radical (unpaired) electrons. The number of rotatable bonds is 5. The average Bonchev–Trinajstić information content (AvgIpc) is 2.94. The van der Waals surface area contributed by atoms with Crippen LogP contribution >= 0.6 is 0 Å². The van der Waals surface area contributed by atoms with Crippen LogP contribution in [0.15, 0.2) is 75.8 Å². The van der Waals surface area contributed by atoms with Crippen molar-refractivity contribution in [1.29, 1.82) is 0 Å². The van der Waals surface area contributed by atoms with Gasteiger partial charge in [-0.15, -0.1) is 0 Å². The number of nitrogens with one attached hydrogen (secondary N) is 2. The summed E-state index contributed by atoms with van der Waals surface area (Å²) in [5, 5.41) is 10.6. The monoisotopic (exact) mass is 445 g/mol. The summed E-state index contributed by atoms with van der Waals surface area (Å²) in [4.78, 5) is 42.1. The topological polar surface area (TPSA) is 115 Å². The number of hydrogen-bond donors (Lipinski definition) is 2. The van der Waals surface area contributed by atoms with Gasteiger partial charge in [-0.1, -0.05) is 24.3 Å². The zero-order chi connectivity index (χ0) is 23.4. The largest absolute Gasteiger partial charge is 0.462 e. The van der Waals surface area contributed by atoms with Gasteiger partial charge in [0.25, 0.3) is 0 Å². The summed E-state index contributed by atoms with van der Waals surface area (Å²) in [6.07, 6.45) is 1.30. The minimum Gasteiger partial charge on any atom is -0.462 e. The molecule has 0 unspecified atom stereocenters. The van der Waals surface area contributed by atoms with E-state index in [9.17, 15) is 14.4 Å². The van der Waals surface area contributed by atoms with Crippen LogP contribution in [-0.4, -0.2) is 34.1 Å². The van der Waals surface area contributed by atoms with E-state index in [1.165, 1.54) is 6.20 Å². The van der Waals surface area contributed by atoms with Gasteiger partial charge in [-0.05, 0) is 38.1 Å². The van der Waals surface area contributed by atoms with E-state index in [0.717, 1.165) is 0 Å². The maximum Gasteiger partial charge on any atom is 0.343 e. The Bertz CT molecular complexity index is 1360. The summed E-state index contributed by atoms with van der Waals surface area (Å²) in [6.45, 7) is 3.87. The molecule has 0 spiro atoms. The number of hydrogen-bond acceptors (Lipinski definition) is 7. The van der Waals surface area contributed by atoms with Gasteiger partial charge in [-0.2, -0.15) is 5.10 Å². The number of carbonyl (C=O) groups excluding carboxylic acids is 2. The lowest BCUT2D eigenvalue weighted by molar-refractivity contribution is -0.137. The second-order valence-electron chi connectivity index (χ2n) is 7.37. The first-order valence-electron chi connectivity index (χ1n) is 10.6. The van der Waals surface area contributed by atoms with Gasteiger partial charge in [0.2, 0.25) is 11.3 Å². The molecule has 0 saturated carbocycles. The Kier molecular flexibility index (Phi) is 6.30. The van der Waals surface area contributed by atoms with E-state index in [2.05, 4.69) is 20.7 Å². The Morgan fingerprint density at radius 3 is 2.70 bits per heavy atom. The number of carbonyl (C=O) groups is 2. The number of aromatic nitrogens is 2. The van der Waals surface area contributed by atoms with E-state index in [0.29, 0.717) is 28.0 Å². The molecule has 0 saturated heterocycles. The van der Waals surface area contributed by atoms with Gasteiger partial charge in [-0.25, -0.2) is 9.79 Å². The van der Waals surface area contributed by atoms with Crippen LogP contribution in [0.25, 0.3) is 10.9 Å². The van der Waals surface area contributed by atoms with Gasteiger partial charge in [0.15, 0.2) is 0 Å². The highest BCUT2D eigenvalue weighted by molar-refractivity contribution is 6.24. The zero-order valence-electron chi connectivity index (χ0n) is 18.3. The average molecular weight is 445 g/mol. The fourth-order valence-corrected chi connectivity index (χ4v) is 3.58. The van der Waals surface area contributed by atoms with E-state index in [-0.39, 0.29) is 42.3 Å². The van der Waals surface area contributed by atoms with Crippen molar-refractivity contribution in [1.82, 2.24) is 15.1 Å². The summed E-state index contributed by atoms with van der Waals surface area (Å²) in [5.41, 5.74) is 2.44. The number of aliphatic imine (C=N–C) groups is 1. The highest BCUT2D eigenvalue weighted by atomic mass is 16.5. The van der Waals surface area contributed by atoms with Crippen molar-refractivity contribution in [3.63, 3.8) is 0 Å². The van der Waals surface area contributed by atoms with E-state index < -0.39 is 5.97 Å². The Balaban J connectivity index is 1.59. The third kappa shape index (κ3) is 4.67. The Labute approximate surface area is 189 Å². The molecule has 2 heterocycles. The van der Waals surface area contributed by atoms with Crippen molar-refractivity contribution in [2.24, 2.45) is 4.99 Å². The molecule has 9 heteroatoms. The van der Waals surface area contributed by atoms with Crippen LogP contribution in [0.5, 0.6) is 0 Å². The molecule has 168 valence electrons. The van der Waals surface area contributed by atoms with Gasteiger partial charge in [0.05, 0.1) is 36.2 Å². The summed E-state index contributed by atoms with van der Waals surface area (Å²) in [6, 6.07) is 14.4. The number of fused-ring (bicyclic) bond motifs is 2. The smallest absolute Gasteiger partial charge is 0.343 e. The lowest BCUT2D eigenvalue weighted by Crippen LogP contribution is -2.36. The molecule has 1 amide bonds. The first-order valence-corrected chi connectivity index (χ1v) is 10.6. The minimum absolute atomic E-state index is 0.0586. The van der Waals surface area contributed by atoms with Crippen molar-refractivity contribution in [2.75, 3.05) is 11.9 Å². The molecule has 33 heavy (non-hydrogen) atoms. The van der Waals surface area contributed by atoms with Crippen LogP contribution in [0, 0.1) is 0 Å². The normalized spacial score (nSPS) is 13.0. The first-order chi connectivity index (χ1) is 16.0. The van der Waals surface area contributed by atoms with Crippen LogP contribution in [-0.2, 0) is 20.9 Å². The van der Waals surface area contributed by atoms with Gasteiger partial charge in [0, 0.05) is 17.5 Å². The number of nitrogens with zero attached hydrogens (tertiary/aromatic N) is 3. The summed E-state index contributed by atoms with van der Waals surface area (Å²) < 4.78 is 6.80. The lowest BCUT2D eigenvalue weighted by atomic mass is 10.2. The molecular formula is C24H23N5O4. The fraction of sp³-hybridized carbons (Fsp3) is 0.208. The fourth-order valence-electron chi connectivity index (χ4n) is 3.58. The molecule has 9 nitrogen and oxygen atoms in total. The molecule has 0 fully saturated rings. The number of anilines is 1. The quantitative estimate of drug-likeness (QED) is 0.584. The number of aryl methyl sites for hydroxylation is 1.